The molecule has 0 radical (unpaired) electrons. The minimum absolute atomic E-state index is 0. The Labute approximate surface area is 161 Å². The maximum atomic E-state index is 12.6. The molecule has 0 saturated heterocycles. The molecule has 0 spiro atoms. The second kappa shape index (κ2) is 8.56. The molecule has 1 saturated carbocycles. The number of hydrogen-bond acceptors (Lipinski definition) is 5. The largest absolute Gasteiger partial charge is 0.495 e. The SMILES string of the molecule is COc1ccc(C(=O)NCC(N)C2CC2)cc1S(=O)(=O)NC(C)(C)C.Cl. The van der Waals surface area contributed by atoms with Gasteiger partial charge < -0.3 is 15.8 Å². The van der Waals surface area contributed by atoms with Crippen molar-refractivity contribution in [3.63, 3.8) is 0 Å². The summed E-state index contributed by atoms with van der Waals surface area (Å²) < 4.78 is 33.0. The minimum atomic E-state index is -3.83. The van der Waals surface area contributed by atoms with E-state index in [0.29, 0.717) is 12.5 Å². The molecule has 0 aromatic heterocycles. The normalized spacial score (nSPS) is 15.7. The van der Waals surface area contributed by atoms with Gasteiger partial charge in [0.15, 0.2) is 0 Å². The van der Waals surface area contributed by atoms with Crippen LogP contribution in [0.2, 0.25) is 0 Å². The van der Waals surface area contributed by atoms with Gasteiger partial charge in [-0.1, -0.05) is 0 Å². The molecule has 26 heavy (non-hydrogen) atoms. The van der Waals surface area contributed by atoms with E-state index in [1.54, 1.807) is 20.8 Å². The second-order valence-electron chi connectivity index (χ2n) is 7.43. The Morgan fingerprint density at radius 1 is 1.35 bits per heavy atom. The van der Waals surface area contributed by atoms with Gasteiger partial charge in [0, 0.05) is 23.7 Å². The second-order valence-corrected chi connectivity index (χ2v) is 9.08. The summed E-state index contributed by atoms with van der Waals surface area (Å²) in [4.78, 5) is 12.3. The van der Waals surface area contributed by atoms with E-state index >= 15 is 0 Å². The lowest BCUT2D eigenvalue weighted by Gasteiger charge is -2.21. The Balaban J connectivity index is 0.00000338. The van der Waals surface area contributed by atoms with Gasteiger partial charge in [0.05, 0.1) is 7.11 Å². The number of sulfonamides is 1. The van der Waals surface area contributed by atoms with Crippen LogP contribution in [0.25, 0.3) is 0 Å². The highest BCUT2D eigenvalue weighted by Gasteiger charge is 2.29. The smallest absolute Gasteiger partial charge is 0.251 e. The summed E-state index contributed by atoms with van der Waals surface area (Å²) >= 11 is 0. The Hall–Kier alpha value is -1.35. The lowest BCUT2D eigenvalue weighted by atomic mass is 10.1. The fourth-order valence-electron chi connectivity index (χ4n) is 2.49. The van der Waals surface area contributed by atoms with Crippen LogP contribution in [0.4, 0.5) is 0 Å². The predicted molar refractivity (Wildman–Crippen MR) is 103 cm³/mol. The molecule has 1 unspecified atom stereocenters. The molecule has 0 bridgehead atoms. The van der Waals surface area contributed by atoms with Gasteiger partial charge in [-0.15, -0.1) is 12.4 Å². The summed E-state index contributed by atoms with van der Waals surface area (Å²) in [6, 6.07) is 4.28. The van der Waals surface area contributed by atoms with Gasteiger partial charge in [-0.3, -0.25) is 4.79 Å². The van der Waals surface area contributed by atoms with Crippen molar-refractivity contribution in [2.75, 3.05) is 13.7 Å². The molecule has 4 N–H and O–H groups in total. The lowest BCUT2D eigenvalue weighted by Crippen LogP contribution is -2.41. The first kappa shape index (κ1) is 22.7. The summed E-state index contributed by atoms with van der Waals surface area (Å²) in [6.45, 7) is 5.60. The summed E-state index contributed by atoms with van der Waals surface area (Å²) in [7, 11) is -2.44. The summed E-state index contributed by atoms with van der Waals surface area (Å²) in [5, 5.41) is 2.76. The highest BCUT2D eigenvalue weighted by molar-refractivity contribution is 7.89. The van der Waals surface area contributed by atoms with Gasteiger partial charge in [-0.25, -0.2) is 13.1 Å². The number of hydrogen-bond donors (Lipinski definition) is 3. The van der Waals surface area contributed by atoms with E-state index in [0.717, 1.165) is 12.8 Å². The average molecular weight is 406 g/mol. The Morgan fingerprint density at radius 2 is 1.96 bits per heavy atom. The summed E-state index contributed by atoms with van der Waals surface area (Å²) in [5.74, 6) is 0.303. The van der Waals surface area contributed by atoms with Crippen molar-refractivity contribution in [1.29, 1.82) is 0 Å². The van der Waals surface area contributed by atoms with Gasteiger partial charge >= 0.3 is 0 Å². The van der Waals surface area contributed by atoms with Crippen LogP contribution >= 0.6 is 12.4 Å². The predicted octanol–water partition coefficient (Wildman–Crippen LogP) is 1.66. The molecule has 1 aromatic rings. The molecule has 1 aliphatic carbocycles. The van der Waals surface area contributed by atoms with Crippen molar-refractivity contribution in [3.8, 4) is 5.75 Å². The molecule has 0 heterocycles. The molecular formula is C17H28ClN3O4S. The number of carbonyl (C=O) groups is 1. The van der Waals surface area contributed by atoms with Crippen LogP contribution in [0, 0.1) is 5.92 Å². The van der Waals surface area contributed by atoms with Crippen LogP contribution < -0.4 is 20.5 Å². The van der Waals surface area contributed by atoms with Gasteiger partial charge in [0.1, 0.15) is 10.6 Å². The van der Waals surface area contributed by atoms with E-state index in [4.69, 9.17) is 10.5 Å². The standard InChI is InChI=1S/C17H27N3O4S.ClH/c1-17(2,3)20-25(22,23)15-9-12(7-8-14(15)24-4)16(21)19-10-13(18)11-5-6-11;/h7-9,11,13,20H,5-6,10,18H2,1-4H3,(H,19,21);1H. The van der Waals surface area contributed by atoms with Crippen LogP contribution in [0.1, 0.15) is 44.0 Å². The van der Waals surface area contributed by atoms with Crippen LogP contribution in [0.15, 0.2) is 23.1 Å². The molecule has 1 amide bonds. The van der Waals surface area contributed by atoms with Crippen molar-refractivity contribution >= 4 is 28.3 Å². The number of ether oxygens (including phenoxy) is 1. The van der Waals surface area contributed by atoms with Crippen molar-refractivity contribution in [2.24, 2.45) is 11.7 Å². The van der Waals surface area contributed by atoms with Crippen molar-refractivity contribution < 1.29 is 17.9 Å². The zero-order chi connectivity index (χ0) is 18.8. The van der Waals surface area contributed by atoms with Crippen LogP contribution in [0.5, 0.6) is 5.75 Å². The third kappa shape index (κ3) is 6.12. The quantitative estimate of drug-likeness (QED) is 0.638. The number of benzene rings is 1. The molecule has 1 atom stereocenters. The number of rotatable bonds is 7. The van der Waals surface area contributed by atoms with Gasteiger partial charge in [0.2, 0.25) is 10.0 Å². The summed E-state index contributed by atoms with van der Waals surface area (Å²) in [6.07, 6.45) is 2.20. The van der Waals surface area contributed by atoms with E-state index in [9.17, 15) is 13.2 Å². The van der Waals surface area contributed by atoms with Crippen molar-refractivity contribution in [2.45, 2.75) is 50.1 Å². The maximum absolute atomic E-state index is 12.6. The molecule has 9 heteroatoms. The van der Waals surface area contributed by atoms with E-state index in [2.05, 4.69) is 10.0 Å². The average Bonchev–Trinajstić information content (AvgIpc) is 3.34. The zero-order valence-electron chi connectivity index (χ0n) is 15.5. The third-order valence-corrected chi connectivity index (χ3v) is 5.66. The zero-order valence-corrected chi connectivity index (χ0v) is 17.2. The fourth-order valence-corrected chi connectivity index (χ4v) is 4.10. The number of nitrogens with one attached hydrogen (secondary N) is 2. The van der Waals surface area contributed by atoms with Gasteiger partial charge in [0.25, 0.3) is 5.91 Å². The first-order chi connectivity index (χ1) is 11.5. The Kier molecular flexibility index (Phi) is 7.47. The minimum Gasteiger partial charge on any atom is -0.495 e. The molecule has 2 rings (SSSR count). The Bertz CT molecular complexity index is 743. The van der Waals surface area contributed by atoms with Crippen molar-refractivity contribution in [1.82, 2.24) is 10.0 Å². The number of nitrogens with two attached hydrogens (primary N) is 1. The molecule has 1 aromatic carbocycles. The fraction of sp³-hybridized carbons (Fsp3) is 0.588. The van der Waals surface area contributed by atoms with E-state index in [1.807, 2.05) is 0 Å². The summed E-state index contributed by atoms with van der Waals surface area (Å²) in [5.41, 5.74) is 5.57. The molecular weight excluding hydrogens is 378 g/mol. The highest BCUT2D eigenvalue weighted by Crippen LogP contribution is 2.31. The van der Waals surface area contributed by atoms with Gasteiger partial charge in [-0.05, 0) is 57.7 Å². The van der Waals surface area contributed by atoms with E-state index in [-0.39, 0.29) is 40.6 Å². The monoisotopic (exact) mass is 405 g/mol. The number of carbonyl (C=O) groups excluding carboxylic acids is 1. The number of amides is 1. The Morgan fingerprint density at radius 3 is 2.46 bits per heavy atom. The lowest BCUT2D eigenvalue weighted by molar-refractivity contribution is 0.0950. The molecule has 0 aliphatic heterocycles. The van der Waals surface area contributed by atoms with Crippen molar-refractivity contribution in [3.05, 3.63) is 23.8 Å². The first-order valence-electron chi connectivity index (χ1n) is 8.29. The van der Waals surface area contributed by atoms with E-state index < -0.39 is 15.6 Å². The molecule has 7 nitrogen and oxygen atoms in total. The van der Waals surface area contributed by atoms with E-state index in [1.165, 1.54) is 25.3 Å². The van der Waals surface area contributed by atoms with Crippen LogP contribution in [0.3, 0.4) is 0 Å². The highest BCUT2D eigenvalue weighted by atomic mass is 35.5. The number of halogens is 1. The maximum Gasteiger partial charge on any atom is 0.251 e. The number of methoxy groups -OCH3 is 1. The molecule has 1 aliphatic rings. The van der Waals surface area contributed by atoms with Crippen LogP contribution in [-0.4, -0.2) is 39.6 Å². The molecule has 148 valence electrons. The topological polar surface area (TPSA) is 111 Å². The molecule has 1 fully saturated rings. The first-order valence-corrected chi connectivity index (χ1v) is 9.77. The third-order valence-electron chi connectivity index (χ3n) is 3.88. The van der Waals surface area contributed by atoms with Gasteiger partial charge in [-0.2, -0.15) is 0 Å². The van der Waals surface area contributed by atoms with Crippen LogP contribution in [-0.2, 0) is 10.0 Å².